The van der Waals surface area contributed by atoms with Gasteiger partial charge in [-0.15, -0.1) is 5.06 Å². The summed E-state index contributed by atoms with van der Waals surface area (Å²) in [7, 11) is 1.32. The molecule has 6 aliphatic rings. The van der Waals surface area contributed by atoms with Gasteiger partial charge in [0.15, 0.2) is 6.23 Å². The monoisotopic (exact) mass is 705 g/mol. The number of aliphatic hydroxyl groups is 4. The van der Waals surface area contributed by atoms with Crippen LogP contribution in [0.5, 0.6) is 0 Å². The molecule has 0 aromatic rings. The number of carboxylic acid groups (broad SMARTS) is 1. The molecule has 6 rings (SSSR count). The molecule has 1 heterocycles. The van der Waals surface area contributed by atoms with Crippen molar-refractivity contribution >= 4 is 11.9 Å². The van der Waals surface area contributed by atoms with E-state index in [0.717, 1.165) is 68.4 Å². The Kier molecular flexibility index (Phi) is 9.96. The van der Waals surface area contributed by atoms with Crippen molar-refractivity contribution in [1.82, 2.24) is 5.06 Å². The molecule has 5 N–H and O–H groups in total. The van der Waals surface area contributed by atoms with Crippen molar-refractivity contribution in [3.8, 4) is 0 Å². The Labute approximate surface area is 297 Å². The van der Waals surface area contributed by atoms with E-state index < -0.39 is 54.6 Å². The maximum absolute atomic E-state index is 13.5. The van der Waals surface area contributed by atoms with Gasteiger partial charge in [-0.3, -0.25) is 14.4 Å². The summed E-state index contributed by atoms with van der Waals surface area (Å²) in [5.74, 6) is 0.404. The lowest BCUT2D eigenvalue weighted by Crippen LogP contribution is -2.67. The zero-order chi connectivity index (χ0) is 36.8. The molecule has 11 heteroatoms. The first kappa shape index (κ1) is 38.1. The highest BCUT2D eigenvalue weighted by atomic mass is 16.7. The minimum absolute atomic E-state index is 0.0348. The third kappa shape index (κ3) is 5.37. The maximum atomic E-state index is 13.5. The number of allylic oxidation sites excluding steroid dienone is 1. The van der Waals surface area contributed by atoms with Crippen molar-refractivity contribution in [2.24, 2.45) is 56.7 Å². The summed E-state index contributed by atoms with van der Waals surface area (Å²) in [6, 6.07) is 0. The largest absolute Gasteiger partial charge is 0.481 e. The molecule has 1 unspecified atom stereocenters. The molecule has 0 aromatic heterocycles. The zero-order valence-electron chi connectivity index (χ0n) is 31.3. The summed E-state index contributed by atoms with van der Waals surface area (Å²) in [6.45, 7) is 17.5. The molecular formula is C39H63NO10. The van der Waals surface area contributed by atoms with Crippen LogP contribution in [0.3, 0.4) is 0 Å². The van der Waals surface area contributed by atoms with E-state index in [0.29, 0.717) is 24.2 Å². The van der Waals surface area contributed by atoms with E-state index in [1.807, 2.05) is 0 Å². The fourth-order valence-corrected chi connectivity index (χ4v) is 13.6. The molecule has 5 saturated carbocycles. The van der Waals surface area contributed by atoms with Gasteiger partial charge in [-0.2, -0.15) is 0 Å². The molecule has 0 aromatic carbocycles. The molecule has 0 radical (unpaired) electrons. The number of nitrogens with zero attached hydrogens (tertiary/aromatic N) is 1. The average Bonchev–Trinajstić information content (AvgIpc) is 3.46. The molecule has 6 fully saturated rings. The van der Waals surface area contributed by atoms with E-state index in [4.69, 9.17) is 14.3 Å². The van der Waals surface area contributed by atoms with Gasteiger partial charge in [0.05, 0.1) is 19.1 Å². The lowest BCUT2D eigenvalue weighted by molar-refractivity contribution is -0.327. The van der Waals surface area contributed by atoms with Crippen LogP contribution in [0, 0.1) is 56.7 Å². The van der Waals surface area contributed by atoms with Crippen LogP contribution in [0.15, 0.2) is 12.2 Å². The van der Waals surface area contributed by atoms with Crippen molar-refractivity contribution in [1.29, 1.82) is 0 Å². The molecule has 0 spiro atoms. The number of hydrogen-bond acceptors (Lipinski definition) is 10. The average molecular weight is 706 g/mol. The van der Waals surface area contributed by atoms with Gasteiger partial charge in [0.25, 0.3) is 0 Å². The van der Waals surface area contributed by atoms with Gasteiger partial charge in [0, 0.05) is 5.41 Å². The lowest BCUT2D eigenvalue weighted by atomic mass is 9.32. The summed E-state index contributed by atoms with van der Waals surface area (Å²) >= 11 is 0. The molecule has 50 heavy (non-hydrogen) atoms. The van der Waals surface area contributed by atoms with Gasteiger partial charge < -0.3 is 35.0 Å². The molecule has 284 valence electrons. The predicted molar refractivity (Wildman–Crippen MR) is 184 cm³/mol. The molecule has 15 atom stereocenters. The summed E-state index contributed by atoms with van der Waals surface area (Å²) < 4.78 is 11.8. The van der Waals surface area contributed by atoms with Crippen LogP contribution in [0.25, 0.3) is 0 Å². The zero-order valence-corrected chi connectivity index (χ0v) is 31.3. The second kappa shape index (κ2) is 13.1. The minimum Gasteiger partial charge on any atom is -0.481 e. The Balaban J connectivity index is 1.19. The van der Waals surface area contributed by atoms with E-state index >= 15 is 0 Å². The number of fused-ring (bicyclic) bond motifs is 7. The van der Waals surface area contributed by atoms with Crippen molar-refractivity contribution < 1.29 is 49.4 Å². The number of hydroxylamine groups is 2. The van der Waals surface area contributed by atoms with Gasteiger partial charge in [0.2, 0.25) is 0 Å². The van der Waals surface area contributed by atoms with Crippen LogP contribution in [0.1, 0.15) is 106 Å². The molecule has 1 saturated heterocycles. The van der Waals surface area contributed by atoms with Gasteiger partial charge in [-0.1, -0.05) is 46.8 Å². The van der Waals surface area contributed by atoms with E-state index in [9.17, 15) is 35.1 Å². The number of carbonyl (C=O) groups excluding carboxylic acids is 1. The van der Waals surface area contributed by atoms with Crippen LogP contribution in [0.4, 0.5) is 0 Å². The quantitative estimate of drug-likeness (QED) is 0.139. The Morgan fingerprint density at radius 3 is 2.18 bits per heavy atom. The lowest BCUT2D eigenvalue weighted by Gasteiger charge is -2.72. The first-order valence-corrected chi connectivity index (χ1v) is 19.0. The molecule has 1 aliphatic heterocycles. The molecule has 5 aliphatic carbocycles. The summed E-state index contributed by atoms with van der Waals surface area (Å²) in [4.78, 5) is 31.8. The highest BCUT2D eigenvalue weighted by molar-refractivity contribution is 5.76. The van der Waals surface area contributed by atoms with Gasteiger partial charge in [-0.05, 0) is 117 Å². The number of esters is 1. The maximum Gasteiger partial charge on any atom is 0.323 e. The van der Waals surface area contributed by atoms with Gasteiger partial charge >= 0.3 is 11.9 Å². The fraction of sp³-hybridized carbons (Fsp3) is 0.897. The second-order valence-electron chi connectivity index (χ2n) is 18.5. The van der Waals surface area contributed by atoms with Crippen LogP contribution in [-0.2, 0) is 23.9 Å². The SMILES string of the molecule is C=C(C)[C@@H]1CC[C@]2(C(=O)O)CC[C@]3(C)[C@H](CC[C@@H]4[C@@]5(C)CC[C@H](OC(=O)CN(OC)C6O[C@H](CO)[C@H](O)[C@H](O)[C@@H]6O)C(C)(C)[C@@H]5CC[C@]43C)[C@@H]12. The van der Waals surface area contributed by atoms with Gasteiger partial charge in [-0.25, -0.2) is 0 Å². The third-order valence-corrected chi connectivity index (χ3v) is 16.4. The molecule has 0 bridgehead atoms. The van der Waals surface area contributed by atoms with Crippen molar-refractivity contribution in [3.05, 3.63) is 12.2 Å². The number of aliphatic carboxylic acids is 1. The minimum atomic E-state index is -1.59. The van der Waals surface area contributed by atoms with Gasteiger partial charge in [0.1, 0.15) is 37.1 Å². The van der Waals surface area contributed by atoms with Crippen LogP contribution in [-0.4, -0.2) is 99.5 Å². The highest BCUT2D eigenvalue weighted by Crippen LogP contribution is 2.77. The van der Waals surface area contributed by atoms with Crippen LogP contribution < -0.4 is 0 Å². The first-order chi connectivity index (χ1) is 23.3. The second-order valence-corrected chi connectivity index (χ2v) is 18.5. The first-order valence-electron chi connectivity index (χ1n) is 19.0. The number of carboxylic acids is 1. The Bertz CT molecular complexity index is 1340. The van der Waals surface area contributed by atoms with Crippen LogP contribution in [0.2, 0.25) is 0 Å². The number of hydrogen-bond donors (Lipinski definition) is 5. The number of aliphatic hydroxyl groups excluding tert-OH is 4. The summed E-state index contributed by atoms with van der Waals surface area (Å²) in [6.07, 6.45) is 1.79. The predicted octanol–water partition coefficient (Wildman–Crippen LogP) is 4.30. The molecule has 0 amide bonds. The topological polar surface area (TPSA) is 166 Å². The smallest absolute Gasteiger partial charge is 0.323 e. The number of rotatable bonds is 8. The standard InChI is InChI=1S/C39H63NO10/c1-21(2)22-11-16-39(34(46)47)18-17-37(6)23(29(22)39)9-10-26-36(5)14-13-27(35(3,4)25(36)12-15-38(26,37)7)50-28(42)19-40(48-8)33-32(45)31(44)30(43)24(20-41)49-33/h22-27,29-33,41,43-45H,1,9-20H2,2-8H3,(H,46,47)/t22-,23+,24+,25-,26+,27-,29+,30-,31-,32-,33?,36-,37+,38+,39-/m0/s1. The van der Waals surface area contributed by atoms with Crippen molar-refractivity contribution in [2.45, 2.75) is 142 Å². The van der Waals surface area contributed by atoms with Crippen molar-refractivity contribution in [3.63, 3.8) is 0 Å². The van der Waals surface area contributed by atoms with Crippen LogP contribution >= 0.6 is 0 Å². The summed E-state index contributed by atoms with van der Waals surface area (Å²) in [5, 5.41) is 52.4. The van der Waals surface area contributed by atoms with E-state index in [1.54, 1.807) is 0 Å². The number of ether oxygens (including phenoxy) is 2. The van der Waals surface area contributed by atoms with E-state index in [-0.39, 0.29) is 46.1 Å². The number of carbonyl (C=O) groups is 2. The Hall–Kier alpha value is -1.60. The Morgan fingerprint density at radius 2 is 1.56 bits per heavy atom. The molecule has 11 nitrogen and oxygen atoms in total. The fourth-order valence-electron chi connectivity index (χ4n) is 13.6. The third-order valence-electron chi connectivity index (χ3n) is 16.4. The van der Waals surface area contributed by atoms with Crippen molar-refractivity contribution in [2.75, 3.05) is 20.3 Å². The highest BCUT2D eigenvalue weighted by Gasteiger charge is 2.72. The summed E-state index contributed by atoms with van der Waals surface area (Å²) in [5.41, 5.74) is 0.327. The molecular weight excluding hydrogens is 642 g/mol. The van der Waals surface area contributed by atoms with E-state index in [2.05, 4.69) is 48.1 Å². The normalized spacial score (nSPS) is 49.6. The Morgan fingerprint density at radius 1 is 0.860 bits per heavy atom. The van der Waals surface area contributed by atoms with E-state index in [1.165, 1.54) is 7.11 Å².